The van der Waals surface area contributed by atoms with Gasteiger partial charge < -0.3 is 30.7 Å². The minimum atomic E-state index is -1.17. The number of hydrogen-bond acceptors (Lipinski definition) is 7. The number of esters is 1. The first kappa shape index (κ1) is 36.4. The quantitative estimate of drug-likeness (QED) is 0.183. The molecule has 2 atom stereocenters. The number of nitrogens with two attached hydrogens (primary N) is 1. The highest BCUT2D eigenvalue weighted by molar-refractivity contribution is 5.92. The molecule has 4 amide bonds. The summed E-state index contributed by atoms with van der Waals surface area (Å²) in [5.41, 5.74) is 6.89. The molecule has 11 heteroatoms. The monoisotopic (exact) mass is 590 g/mol. The molecule has 2 unspecified atom stereocenters. The molecular weight excluding hydrogens is 540 g/mol. The highest BCUT2D eigenvalue weighted by Crippen LogP contribution is 2.28. The summed E-state index contributed by atoms with van der Waals surface area (Å²) < 4.78 is 10.4. The van der Waals surface area contributed by atoms with Gasteiger partial charge >= 0.3 is 12.1 Å². The molecular formula is C31H50N4O7. The average Bonchev–Trinajstić information content (AvgIpc) is 2.88. The standard InChI is InChI=1S/C31H50N4O7/c1-8-10-11-12-19-35(29(39)24(15-16-25(32)36)34-30(40)42-31(5,6)7)27(23-20-21(3)13-14-22(23)4)28(38)33-18-17-26(37)41-9-2/h13-14,20,24,27H,8-12,15-19H2,1-7H3,(H2,32,36)(H,33,38)(H,34,40). The van der Waals surface area contributed by atoms with Crippen molar-refractivity contribution in [3.63, 3.8) is 0 Å². The molecule has 0 aliphatic rings. The number of unbranched alkanes of at least 4 members (excludes halogenated alkanes) is 3. The molecule has 42 heavy (non-hydrogen) atoms. The maximum absolute atomic E-state index is 14.3. The summed E-state index contributed by atoms with van der Waals surface area (Å²) in [6.07, 6.45) is 2.30. The second kappa shape index (κ2) is 18.0. The number of ether oxygens (including phenoxy) is 2. The number of carbonyl (C=O) groups excluding carboxylic acids is 5. The third kappa shape index (κ3) is 13.4. The Kier molecular flexibility index (Phi) is 15.6. The van der Waals surface area contributed by atoms with E-state index in [1.54, 1.807) is 27.7 Å². The van der Waals surface area contributed by atoms with E-state index in [0.717, 1.165) is 30.4 Å². The molecule has 0 spiro atoms. The predicted molar refractivity (Wildman–Crippen MR) is 160 cm³/mol. The number of alkyl carbamates (subject to hydrolysis) is 1. The van der Waals surface area contributed by atoms with Crippen molar-refractivity contribution in [3.05, 3.63) is 34.9 Å². The van der Waals surface area contributed by atoms with Gasteiger partial charge in [-0.05, 0) is 65.5 Å². The Morgan fingerprint density at radius 1 is 1.00 bits per heavy atom. The fourth-order valence-electron chi connectivity index (χ4n) is 4.39. The Morgan fingerprint density at radius 2 is 1.69 bits per heavy atom. The lowest BCUT2D eigenvalue weighted by Crippen LogP contribution is -2.53. The first-order valence-corrected chi connectivity index (χ1v) is 14.8. The van der Waals surface area contributed by atoms with Crippen molar-refractivity contribution in [1.29, 1.82) is 0 Å². The van der Waals surface area contributed by atoms with E-state index in [9.17, 15) is 24.0 Å². The maximum Gasteiger partial charge on any atom is 0.408 e. The molecule has 0 fully saturated rings. The van der Waals surface area contributed by atoms with Gasteiger partial charge in [-0.3, -0.25) is 19.2 Å². The molecule has 4 N–H and O–H groups in total. The highest BCUT2D eigenvalue weighted by atomic mass is 16.6. The number of primary amides is 1. The maximum atomic E-state index is 14.3. The van der Waals surface area contributed by atoms with Crippen molar-refractivity contribution < 1.29 is 33.4 Å². The van der Waals surface area contributed by atoms with Gasteiger partial charge in [0.1, 0.15) is 17.7 Å². The van der Waals surface area contributed by atoms with Crippen molar-refractivity contribution in [3.8, 4) is 0 Å². The van der Waals surface area contributed by atoms with Crippen LogP contribution in [0.2, 0.25) is 0 Å². The van der Waals surface area contributed by atoms with Gasteiger partial charge in [0.25, 0.3) is 0 Å². The van der Waals surface area contributed by atoms with E-state index < -0.39 is 47.5 Å². The SMILES string of the molecule is CCCCCCN(C(=O)C(CCC(N)=O)NC(=O)OC(C)(C)C)C(C(=O)NCCC(=O)OCC)c1cc(C)ccc1C. The van der Waals surface area contributed by atoms with Crippen LogP contribution in [-0.4, -0.2) is 66.0 Å². The van der Waals surface area contributed by atoms with E-state index in [-0.39, 0.29) is 39.0 Å². The molecule has 236 valence electrons. The molecule has 11 nitrogen and oxygen atoms in total. The summed E-state index contributed by atoms with van der Waals surface area (Å²) in [6, 6.07) is 3.43. The Bertz CT molecular complexity index is 1070. The topological polar surface area (TPSA) is 157 Å². The molecule has 0 heterocycles. The Balaban J connectivity index is 3.55. The molecule has 1 aromatic rings. The van der Waals surface area contributed by atoms with Crippen LogP contribution in [0.15, 0.2) is 18.2 Å². The van der Waals surface area contributed by atoms with Gasteiger partial charge in [-0.15, -0.1) is 0 Å². The minimum Gasteiger partial charge on any atom is -0.466 e. The zero-order valence-corrected chi connectivity index (χ0v) is 26.3. The van der Waals surface area contributed by atoms with E-state index in [2.05, 4.69) is 17.6 Å². The van der Waals surface area contributed by atoms with E-state index in [1.165, 1.54) is 4.90 Å². The summed E-state index contributed by atoms with van der Waals surface area (Å²) >= 11 is 0. The number of rotatable bonds is 17. The number of aryl methyl sites for hydroxylation is 2. The van der Waals surface area contributed by atoms with Crippen LogP contribution in [0.5, 0.6) is 0 Å². The molecule has 1 rings (SSSR count). The number of carbonyl (C=O) groups is 5. The Morgan fingerprint density at radius 3 is 2.29 bits per heavy atom. The van der Waals surface area contributed by atoms with Crippen LogP contribution in [0.3, 0.4) is 0 Å². The smallest absolute Gasteiger partial charge is 0.408 e. The number of nitrogens with one attached hydrogen (secondary N) is 2. The van der Waals surface area contributed by atoms with Crippen LogP contribution in [0.1, 0.15) is 102 Å². The molecule has 1 aromatic carbocycles. The molecule has 0 aliphatic heterocycles. The van der Waals surface area contributed by atoms with Gasteiger partial charge in [0.2, 0.25) is 17.7 Å². The molecule has 0 bridgehead atoms. The van der Waals surface area contributed by atoms with E-state index in [0.29, 0.717) is 12.0 Å². The van der Waals surface area contributed by atoms with Crippen LogP contribution in [-0.2, 0) is 28.7 Å². The first-order chi connectivity index (χ1) is 19.7. The van der Waals surface area contributed by atoms with Crippen molar-refractivity contribution >= 4 is 29.8 Å². The lowest BCUT2D eigenvalue weighted by atomic mass is 9.95. The number of nitrogens with zero attached hydrogens (tertiary/aromatic N) is 1. The molecule has 0 saturated heterocycles. The van der Waals surface area contributed by atoms with Gasteiger partial charge in [-0.2, -0.15) is 0 Å². The summed E-state index contributed by atoms with van der Waals surface area (Å²) in [4.78, 5) is 65.8. The second-order valence-electron chi connectivity index (χ2n) is 11.4. The fraction of sp³-hybridized carbons (Fsp3) is 0.645. The van der Waals surface area contributed by atoms with Crippen LogP contribution < -0.4 is 16.4 Å². The molecule has 0 aliphatic carbocycles. The fourth-order valence-corrected chi connectivity index (χ4v) is 4.39. The molecule has 0 saturated carbocycles. The largest absolute Gasteiger partial charge is 0.466 e. The van der Waals surface area contributed by atoms with Crippen molar-refractivity contribution in [2.24, 2.45) is 5.73 Å². The Labute approximate surface area is 250 Å². The number of hydrogen-bond donors (Lipinski definition) is 3. The normalized spacial score (nSPS) is 12.5. The second-order valence-corrected chi connectivity index (χ2v) is 11.4. The van der Waals surface area contributed by atoms with Crippen LogP contribution in [0.25, 0.3) is 0 Å². The van der Waals surface area contributed by atoms with Gasteiger partial charge in [0, 0.05) is 19.5 Å². The zero-order valence-electron chi connectivity index (χ0n) is 26.3. The lowest BCUT2D eigenvalue weighted by Gasteiger charge is -2.35. The van der Waals surface area contributed by atoms with E-state index in [4.69, 9.17) is 15.2 Å². The summed E-state index contributed by atoms with van der Waals surface area (Å²) in [6.45, 7) is 13.1. The van der Waals surface area contributed by atoms with Gasteiger partial charge in [-0.25, -0.2) is 4.79 Å². The third-order valence-electron chi connectivity index (χ3n) is 6.43. The summed E-state index contributed by atoms with van der Waals surface area (Å²) in [5.74, 6) is -2.08. The number of benzene rings is 1. The summed E-state index contributed by atoms with van der Waals surface area (Å²) in [7, 11) is 0. The van der Waals surface area contributed by atoms with Gasteiger partial charge in [0.15, 0.2) is 0 Å². The average molecular weight is 591 g/mol. The van der Waals surface area contributed by atoms with Crippen molar-refractivity contribution in [1.82, 2.24) is 15.5 Å². The van der Waals surface area contributed by atoms with E-state index in [1.807, 2.05) is 32.0 Å². The summed E-state index contributed by atoms with van der Waals surface area (Å²) in [5, 5.41) is 5.40. The Hall–Kier alpha value is -3.63. The molecule has 0 radical (unpaired) electrons. The van der Waals surface area contributed by atoms with E-state index >= 15 is 0 Å². The zero-order chi connectivity index (χ0) is 31.9. The van der Waals surface area contributed by atoms with Crippen LogP contribution in [0.4, 0.5) is 4.79 Å². The van der Waals surface area contributed by atoms with Crippen LogP contribution >= 0.6 is 0 Å². The first-order valence-electron chi connectivity index (χ1n) is 14.8. The van der Waals surface area contributed by atoms with Gasteiger partial charge in [0.05, 0.1) is 13.0 Å². The predicted octanol–water partition coefficient (Wildman–Crippen LogP) is 3.98. The highest BCUT2D eigenvalue weighted by Gasteiger charge is 2.37. The number of amides is 4. The third-order valence-corrected chi connectivity index (χ3v) is 6.43. The van der Waals surface area contributed by atoms with Gasteiger partial charge in [-0.1, -0.05) is 49.9 Å². The molecule has 0 aromatic heterocycles. The van der Waals surface area contributed by atoms with Crippen molar-refractivity contribution in [2.75, 3.05) is 19.7 Å². The van der Waals surface area contributed by atoms with Crippen LogP contribution in [0, 0.1) is 13.8 Å². The van der Waals surface area contributed by atoms with Crippen molar-refractivity contribution in [2.45, 2.75) is 111 Å². The minimum absolute atomic E-state index is 0.0228. The lowest BCUT2D eigenvalue weighted by molar-refractivity contribution is -0.144.